The molecule has 3 aromatic rings. The molecule has 0 spiro atoms. The van der Waals surface area contributed by atoms with Crippen molar-refractivity contribution in [2.24, 2.45) is 0 Å². The average molecular weight is 482 g/mol. The zero-order valence-electron chi connectivity index (χ0n) is 18.3. The number of hydrogen-bond acceptors (Lipinski definition) is 5. The fourth-order valence-electron chi connectivity index (χ4n) is 2.97. The van der Waals surface area contributed by atoms with Crippen LogP contribution in [0.15, 0.2) is 82.6 Å². The van der Waals surface area contributed by atoms with E-state index in [2.05, 4.69) is 29.6 Å². The third-order valence-corrected chi connectivity index (χ3v) is 5.99. The minimum absolute atomic E-state index is 0.0449. The van der Waals surface area contributed by atoms with Crippen molar-refractivity contribution in [3.05, 3.63) is 88.9 Å². The second-order valence-corrected chi connectivity index (χ2v) is 9.08. The summed E-state index contributed by atoms with van der Waals surface area (Å²) in [7, 11) is 0. The van der Waals surface area contributed by atoms with Gasteiger partial charge in [-0.1, -0.05) is 53.2 Å². The SMILES string of the molecule is Cc1ccc(Sc2ccc(NC(=O)CCC(=O)OC(C)C(=O)c3cccc(Cl)c3)cc2)cc1. The predicted octanol–water partition coefficient (Wildman–Crippen LogP) is 6.33. The fourth-order valence-corrected chi connectivity index (χ4v) is 3.98. The first-order valence-corrected chi connectivity index (χ1v) is 11.6. The van der Waals surface area contributed by atoms with E-state index in [1.165, 1.54) is 18.6 Å². The number of amides is 1. The summed E-state index contributed by atoms with van der Waals surface area (Å²) in [6.07, 6.45) is -1.13. The number of ether oxygens (including phenoxy) is 1. The lowest BCUT2D eigenvalue weighted by Gasteiger charge is -2.12. The normalized spacial score (nSPS) is 11.5. The van der Waals surface area contributed by atoms with Gasteiger partial charge in [-0.2, -0.15) is 0 Å². The Bertz CT molecular complexity index is 1130. The fraction of sp³-hybridized carbons (Fsp3) is 0.192. The van der Waals surface area contributed by atoms with Crippen LogP contribution in [0.2, 0.25) is 5.02 Å². The molecular weight excluding hydrogens is 458 g/mol. The highest BCUT2D eigenvalue weighted by Gasteiger charge is 2.20. The summed E-state index contributed by atoms with van der Waals surface area (Å²) < 4.78 is 5.17. The minimum Gasteiger partial charge on any atom is -0.454 e. The summed E-state index contributed by atoms with van der Waals surface area (Å²) in [4.78, 5) is 38.8. The zero-order valence-corrected chi connectivity index (χ0v) is 19.9. The van der Waals surface area contributed by atoms with Gasteiger partial charge in [0.05, 0.1) is 6.42 Å². The molecular formula is C26H24ClNO4S. The molecule has 33 heavy (non-hydrogen) atoms. The summed E-state index contributed by atoms with van der Waals surface area (Å²) >= 11 is 7.53. The molecule has 0 radical (unpaired) electrons. The van der Waals surface area contributed by atoms with Gasteiger partial charge in [0.2, 0.25) is 11.7 Å². The first-order chi connectivity index (χ1) is 15.8. The number of hydrogen-bond donors (Lipinski definition) is 1. The Balaban J connectivity index is 1.43. The predicted molar refractivity (Wildman–Crippen MR) is 131 cm³/mol. The van der Waals surface area contributed by atoms with Gasteiger partial charge in [0, 0.05) is 32.5 Å². The number of esters is 1. The molecule has 0 saturated heterocycles. The Morgan fingerprint density at radius 3 is 2.21 bits per heavy atom. The molecule has 0 saturated carbocycles. The number of Topliss-reactive ketones (excluding diaryl/α,β-unsaturated/α-hetero) is 1. The van der Waals surface area contributed by atoms with Crippen molar-refractivity contribution in [3.63, 3.8) is 0 Å². The van der Waals surface area contributed by atoms with Gasteiger partial charge in [-0.25, -0.2) is 0 Å². The van der Waals surface area contributed by atoms with Gasteiger partial charge in [-0.3, -0.25) is 14.4 Å². The highest BCUT2D eigenvalue weighted by atomic mass is 35.5. The van der Waals surface area contributed by atoms with E-state index in [1.54, 1.807) is 30.0 Å². The van der Waals surface area contributed by atoms with Gasteiger partial charge in [0.1, 0.15) is 0 Å². The van der Waals surface area contributed by atoms with Crippen LogP contribution >= 0.6 is 23.4 Å². The van der Waals surface area contributed by atoms with Crippen LogP contribution in [0.25, 0.3) is 0 Å². The van der Waals surface area contributed by atoms with Gasteiger partial charge in [0.15, 0.2) is 6.10 Å². The topological polar surface area (TPSA) is 72.5 Å². The molecule has 5 nitrogen and oxygen atoms in total. The smallest absolute Gasteiger partial charge is 0.307 e. The van der Waals surface area contributed by atoms with Gasteiger partial charge in [0.25, 0.3) is 0 Å². The molecule has 170 valence electrons. The highest BCUT2D eigenvalue weighted by molar-refractivity contribution is 7.99. The molecule has 0 aliphatic heterocycles. The molecule has 0 aromatic heterocycles. The zero-order chi connectivity index (χ0) is 23.8. The minimum atomic E-state index is -0.961. The quantitative estimate of drug-likeness (QED) is 0.285. The van der Waals surface area contributed by atoms with Crippen LogP contribution < -0.4 is 5.32 Å². The van der Waals surface area contributed by atoms with Crippen molar-refractivity contribution in [2.45, 2.75) is 42.6 Å². The van der Waals surface area contributed by atoms with Crippen LogP contribution in [-0.2, 0) is 14.3 Å². The maximum Gasteiger partial charge on any atom is 0.307 e. The first-order valence-electron chi connectivity index (χ1n) is 10.4. The third kappa shape index (κ3) is 7.77. The molecule has 3 aromatic carbocycles. The van der Waals surface area contributed by atoms with Crippen LogP contribution in [0.1, 0.15) is 35.7 Å². The van der Waals surface area contributed by atoms with Crippen molar-refractivity contribution < 1.29 is 19.1 Å². The van der Waals surface area contributed by atoms with Crippen LogP contribution in [-0.4, -0.2) is 23.8 Å². The Morgan fingerprint density at radius 2 is 1.58 bits per heavy atom. The lowest BCUT2D eigenvalue weighted by atomic mass is 10.1. The third-order valence-electron chi connectivity index (χ3n) is 4.74. The van der Waals surface area contributed by atoms with E-state index in [9.17, 15) is 14.4 Å². The number of ketones is 1. The number of carbonyl (C=O) groups is 3. The van der Waals surface area contributed by atoms with Crippen LogP contribution in [0.4, 0.5) is 5.69 Å². The highest BCUT2D eigenvalue weighted by Crippen LogP contribution is 2.28. The Labute approximate surface area is 202 Å². The molecule has 0 aliphatic carbocycles. The lowest BCUT2D eigenvalue weighted by molar-refractivity contribution is -0.147. The van der Waals surface area contributed by atoms with E-state index < -0.39 is 12.1 Å². The maximum absolute atomic E-state index is 12.4. The number of carbonyl (C=O) groups excluding carboxylic acids is 3. The van der Waals surface area contributed by atoms with Crippen molar-refractivity contribution >= 4 is 46.7 Å². The lowest BCUT2D eigenvalue weighted by Crippen LogP contribution is -2.25. The van der Waals surface area contributed by atoms with Crippen LogP contribution in [0.5, 0.6) is 0 Å². The second-order valence-electron chi connectivity index (χ2n) is 7.49. The molecule has 0 aliphatic rings. The molecule has 0 fully saturated rings. The second kappa shape index (κ2) is 11.7. The monoisotopic (exact) mass is 481 g/mol. The van der Waals surface area contributed by atoms with E-state index in [4.69, 9.17) is 16.3 Å². The van der Waals surface area contributed by atoms with Crippen molar-refractivity contribution in [2.75, 3.05) is 5.32 Å². The van der Waals surface area contributed by atoms with E-state index in [0.29, 0.717) is 16.3 Å². The van der Waals surface area contributed by atoms with E-state index in [0.717, 1.165) is 9.79 Å². The molecule has 7 heteroatoms. The Kier molecular flexibility index (Phi) is 8.69. The molecule has 0 bridgehead atoms. The number of aryl methyl sites for hydroxylation is 1. The summed E-state index contributed by atoms with van der Waals surface area (Å²) in [6.45, 7) is 3.55. The van der Waals surface area contributed by atoms with Crippen molar-refractivity contribution in [3.8, 4) is 0 Å². The van der Waals surface area contributed by atoms with Crippen molar-refractivity contribution in [1.82, 2.24) is 0 Å². The number of halogens is 1. The number of rotatable bonds is 9. The summed E-state index contributed by atoms with van der Waals surface area (Å²) in [5.41, 5.74) is 2.22. The van der Waals surface area contributed by atoms with Gasteiger partial charge < -0.3 is 10.1 Å². The van der Waals surface area contributed by atoms with E-state index in [-0.39, 0.29) is 24.5 Å². The molecule has 1 unspecified atom stereocenters. The summed E-state index contributed by atoms with van der Waals surface area (Å²) in [6, 6.07) is 22.2. The molecule has 1 amide bonds. The van der Waals surface area contributed by atoms with E-state index >= 15 is 0 Å². The van der Waals surface area contributed by atoms with E-state index in [1.807, 2.05) is 31.2 Å². The molecule has 1 atom stereocenters. The summed E-state index contributed by atoms with van der Waals surface area (Å²) in [5.74, 6) is -1.27. The van der Waals surface area contributed by atoms with Gasteiger partial charge in [-0.05, 0) is 62.4 Å². The maximum atomic E-state index is 12.4. The molecule has 3 rings (SSSR count). The number of anilines is 1. The summed E-state index contributed by atoms with van der Waals surface area (Å²) in [5, 5.41) is 3.19. The largest absolute Gasteiger partial charge is 0.454 e. The Hall–Kier alpha value is -3.09. The number of benzene rings is 3. The standard InChI is InChI=1S/C26H24ClNO4S/c1-17-6-10-22(11-7-17)33-23-12-8-21(9-13-23)28-24(29)14-15-25(30)32-18(2)26(31)19-4-3-5-20(27)16-19/h3-13,16,18H,14-15H2,1-2H3,(H,28,29). The van der Waals surface area contributed by atoms with Crippen LogP contribution in [0.3, 0.4) is 0 Å². The van der Waals surface area contributed by atoms with Gasteiger partial charge >= 0.3 is 5.97 Å². The number of nitrogens with one attached hydrogen (secondary N) is 1. The van der Waals surface area contributed by atoms with Crippen molar-refractivity contribution in [1.29, 1.82) is 0 Å². The molecule has 0 heterocycles. The average Bonchev–Trinajstić information content (AvgIpc) is 2.80. The molecule has 1 N–H and O–H groups in total. The Morgan fingerprint density at radius 1 is 0.939 bits per heavy atom. The van der Waals surface area contributed by atoms with Crippen LogP contribution in [0, 0.1) is 6.92 Å². The first kappa shape index (κ1) is 24.6. The van der Waals surface area contributed by atoms with Gasteiger partial charge in [-0.15, -0.1) is 0 Å².